The fourth-order valence-corrected chi connectivity index (χ4v) is 1.82. The SMILES string of the molecule is Cc1ccc(C)c(CC(=O)c2ccn(C)n2)c1. The Morgan fingerprint density at radius 1 is 1.29 bits per heavy atom. The van der Waals surface area contributed by atoms with Gasteiger partial charge in [0.25, 0.3) is 0 Å². The van der Waals surface area contributed by atoms with Crippen molar-refractivity contribution in [3.05, 3.63) is 52.8 Å². The van der Waals surface area contributed by atoms with Crippen molar-refractivity contribution in [2.24, 2.45) is 7.05 Å². The molecule has 3 nitrogen and oxygen atoms in total. The van der Waals surface area contributed by atoms with Crippen LogP contribution in [0.15, 0.2) is 30.5 Å². The summed E-state index contributed by atoms with van der Waals surface area (Å²) in [5.41, 5.74) is 3.95. The van der Waals surface area contributed by atoms with E-state index >= 15 is 0 Å². The summed E-state index contributed by atoms with van der Waals surface area (Å²) in [4.78, 5) is 12.0. The molecule has 0 atom stereocenters. The van der Waals surface area contributed by atoms with E-state index in [9.17, 15) is 4.79 Å². The van der Waals surface area contributed by atoms with Crippen LogP contribution >= 0.6 is 0 Å². The fourth-order valence-electron chi connectivity index (χ4n) is 1.82. The largest absolute Gasteiger partial charge is 0.292 e. The lowest BCUT2D eigenvalue weighted by Gasteiger charge is -2.05. The number of ketones is 1. The van der Waals surface area contributed by atoms with Crippen molar-refractivity contribution in [3.63, 3.8) is 0 Å². The summed E-state index contributed by atoms with van der Waals surface area (Å²) in [5.74, 6) is 0.0688. The molecule has 0 saturated carbocycles. The third-order valence-corrected chi connectivity index (χ3v) is 2.85. The minimum atomic E-state index is 0.0688. The maximum atomic E-state index is 12.0. The molecular weight excluding hydrogens is 212 g/mol. The van der Waals surface area contributed by atoms with Crippen LogP contribution in [0.25, 0.3) is 0 Å². The molecule has 0 aliphatic rings. The zero-order valence-corrected chi connectivity index (χ0v) is 10.4. The molecule has 0 aliphatic heterocycles. The Morgan fingerprint density at radius 2 is 2.06 bits per heavy atom. The van der Waals surface area contributed by atoms with Crippen LogP contribution in [0.3, 0.4) is 0 Å². The monoisotopic (exact) mass is 228 g/mol. The van der Waals surface area contributed by atoms with Gasteiger partial charge in [0, 0.05) is 19.7 Å². The van der Waals surface area contributed by atoms with Gasteiger partial charge in [0.15, 0.2) is 5.78 Å². The second kappa shape index (κ2) is 4.53. The molecule has 1 aromatic carbocycles. The molecule has 0 spiro atoms. The first-order valence-electron chi connectivity index (χ1n) is 5.65. The minimum absolute atomic E-state index is 0.0688. The van der Waals surface area contributed by atoms with E-state index in [1.54, 1.807) is 16.9 Å². The smallest absolute Gasteiger partial charge is 0.187 e. The molecule has 1 aromatic heterocycles. The molecule has 2 rings (SSSR count). The summed E-state index contributed by atoms with van der Waals surface area (Å²) in [6, 6.07) is 7.93. The first-order valence-corrected chi connectivity index (χ1v) is 5.65. The zero-order chi connectivity index (χ0) is 12.4. The predicted octanol–water partition coefficient (Wildman–Crippen LogP) is 2.46. The van der Waals surface area contributed by atoms with Gasteiger partial charge in [-0.25, -0.2) is 0 Å². The topological polar surface area (TPSA) is 34.9 Å². The highest BCUT2D eigenvalue weighted by molar-refractivity contribution is 5.95. The van der Waals surface area contributed by atoms with E-state index in [4.69, 9.17) is 0 Å². The van der Waals surface area contributed by atoms with Crippen LogP contribution in [0, 0.1) is 13.8 Å². The third-order valence-electron chi connectivity index (χ3n) is 2.85. The maximum absolute atomic E-state index is 12.0. The molecule has 17 heavy (non-hydrogen) atoms. The Morgan fingerprint density at radius 3 is 2.71 bits per heavy atom. The van der Waals surface area contributed by atoms with Crippen LogP contribution in [0.1, 0.15) is 27.2 Å². The molecule has 2 aromatic rings. The van der Waals surface area contributed by atoms with Gasteiger partial charge < -0.3 is 0 Å². The average molecular weight is 228 g/mol. The van der Waals surface area contributed by atoms with Gasteiger partial charge in [-0.05, 0) is 31.0 Å². The second-order valence-electron chi connectivity index (χ2n) is 4.40. The highest BCUT2D eigenvalue weighted by atomic mass is 16.1. The number of carbonyl (C=O) groups is 1. The lowest BCUT2D eigenvalue weighted by atomic mass is 10.00. The van der Waals surface area contributed by atoms with Crippen LogP contribution in [0.4, 0.5) is 0 Å². The average Bonchev–Trinajstić information content (AvgIpc) is 2.70. The van der Waals surface area contributed by atoms with E-state index in [1.165, 1.54) is 5.56 Å². The quantitative estimate of drug-likeness (QED) is 0.756. The van der Waals surface area contributed by atoms with Crippen molar-refractivity contribution < 1.29 is 4.79 Å². The van der Waals surface area contributed by atoms with Crippen LogP contribution in [0.5, 0.6) is 0 Å². The number of aromatic nitrogens is 2. The highest BCUT2D eigenvalue weighted by Gasteiger charge is 2.11. The van der Waals surface area contributed by atoms with Crippen molar-refractivity contribution in [3.8, 4) is 0 Å². The van der Waals surface area contributed by atoms with Crippen LogP contribution < -0.4 is 0 Å². The Hall–Kier alpha value is -1.90. The van der Waals surface area contributed by atoms with Crippen molar-refractivity contribution in [2.45, 2.75) is 20.3 Å². The van der Waals surface area contributed by atoms with E-state index < -0.39 is 0 Å². The normalized spacial score (nSPS) is 10.5. The van der Waals surface area contributed by atoms with E-state index in [2.05, 4.69) is 23.3 Å². The number of hydrogen-bond acceptors (Lipinski definition) is 2. The molecule has 0 saturated heterocycles. The highest BCUT2D eigenvalue weighted by Crippen LogP contribution is 2.13. The number of nitrogens with zero attached hydrogens (tertiary/aromatic N) is 2. The molecule has 0 bridgehead atoms. The second-order valence-corrected chi connectivity index (χ2v) is 4.40. The molecule has 0 fully saturated rings. The molecule has 88 valence electrons. The molecule has 3 heteroatoms. The van der Waals surface area contributed by atoms with E-state index in [1.807, 2.05) is 20.9 Å². The Bertz CT molecular complexity index is 555. The lowest BCUT2D eigenvalue weighted by Crippen LogP contribution is -2.06. The number of rotatable bonds is 3. The van der Waals surface area contributed by atoms with Crippen LogP contribution in [-0.4, -0.2) is 15.6 Å². The van der Waals surface area contributed by atoms with Gasteiger partial charge in [-0.1, -0.05) is 23.8 Å². The molecule has 0 N–H and O–H groups in total. The predicted molar refractivity (Wildman–Crippen MR) is 67.2 cm³/mol. The first kappa shape index (κ1) is 11.6. The van der Waals surface area contributed by atoms with Crippen molar-refractivity contribution in [1.29, 1.82) is 0 Å². The van der Waals surface area contributed by atoms with Gasteiger partial charge in [-0.3, -0.25) is 9.48 Å². The van der Waals surface area contributed by atoms with Gasteiger partial charge in [-0.15, -0.1) is 0 Å². The molecule has 0 amide bonds. The van der Waals surface area contributed by atoms with Crippen molar-refractivity contribution in [1.82, 2.24) is 9.78 Å². The summed E-state index contributed by atoms with van der Waals surface area (Å²) >= 11 is 0. The Balaban J connectivity index is 2.21. The zero-order valence-electron chi connectivity index (χ0n) is 10.4. The number of benzene rings is 1. The summed E-state index contributed by atoms with van der Waals surface area (Å²) < 4.78 is 1.65. The van der Waals surface area contributed by atoms with Crippen LogP contribution in [-0.2, 0) is 13.5 Å². The van der Waals surface area contributed by atoms with Gasteiger partial charge in [0.2, 0.25) is 0 Å². The minimum Gasteiger partial charge on any atom is -0.292 e. The van der Waals surface area contributed by atoms with E-state index in [-0.39, 0.29) is 5.78 Å². The van der Waals surface area contributed by atoms with Gasteiger partial charge in [0.05, 0.1) is 0 Å². The number of aryl methyl sites for hydroxylation is 3. The standard InChI is InChI=1S/C14H16N2O/c1-10-4-5-11(2)12(8-10)9-14(17)13-6-7-16(3)15-13/h4-8H,9H2,1-3H3. The Labute approximate surface area is 101 Å². The fraction of sp³-hybridized carbons (Fsp3) is 0.286. The number of Topliss-reactive ketones (excluding diaryl/α,β-unsaturated/α-hetero) is 1. The van der Waals surface area contributed by atoms with Crippen molar-refractivity contribution >= 4 is 5.78 Å². The molecule has 0 aliphatic carbocycles. The van der Waals surface area contributed by atoms with E-state index in [0.717, 1.165) is 11.1 Å². The summed E-state index contributed by atoms with van der Waals surface area (Å²) in [6.07, 6.45) is 2.21. The number of hydrogen-bond donors (Lipinski definition) is 0. The summed E-state index contributed by atoms with van der Waals surface area (Å²) in [5, 5.41) is 4.13. The molecule has 1 heterocycles. The van der Waals surface area contributed by atoms with Crippen LogP contribution in [0.2, 0.25) is 0 Å². The van der Waals surface area contributed by atoms with Crippen molar-refractivity contribution in [2.75, 3.05) is 0 Å². The maximum Gasteiger partial charge on any atom is 0.187 e. The summed E-state index contributed by atoms with van der Waals surface area (Å²) in [6.45, 7) is 4.06. The molecule has 0 radical (unpaired) electrons. The van der Waals surface area contributed by atoms with Gasteiger partial charge in [-0.2, -0.15) is 5.10 Å². The third kappa shape index (κ3) is 2.61. The van der Waals surface area contributed by atoms with Gasteiger partial charge >= 0.3 is 0 Å². The molecule has 0 unspecified atom stereocenters. The number of carbonyl (C=O) groups excluding carboxylic acids is 1. The summed E-state index contributed by atoms with van der Waals surface area (Å²) in [7, 11) is 1.81. The van der Waals surface area contributed by atoms with E-state index in [0.29, 0.717) is 12.1 Å². The molecular formula is C14H16N2O. The lowest BCUT2D eigenvalue weighted by molar-refractivity contribution is 0.0987. The first-order chi connectivity index (χ1) is 8.06. The van der Waals surface area contributed by atoms with Gasteiger partial charge in [0.1, 0.15) is 5.69 Å². The Kier molecular flexibility index (Phi) is 3.09.